The van der Waals surface area contributed by atoms with Gasteiger partial charge < -0.3 is 20.4 Å². The molecule has 0 amide bonds. The molecule has 4 nitrogen and oxygen atoms in total. The number of hydrogen-bond acceptors (Lipinski definition) is 4. The molecular weight excluding hydrogens is 460 g/mol. The fraction of sp³-hybridized carbons (Fsp3) is 0.636. The van der Waals surface area contributed by atoms with E-state index in [9.17, 15) is 20.4 Å². The zero-order valence-electron chi connectivity index (χ0n) is 23.4. The molecule has 4 N–H and O–H groups in total. The van der Waals surface area contributed by atoms with Gasteiger partial charge in [0, 0.05) is 0 Å². The zero-order chi connectivity index (χ0) is 27.0. The van der Waals surface area contributed by atoms with Crippen molar-refractivity contribution in [2.24, 2.45) is 5.41 Å². The fourth-order valence-corrected chi connectivity index (χ4v) is 5.58. The Hall–Kier alpha value is -1.72. The molecule has 0 bridgehead atoms. The Kier molecular flexibility index (Phi) is 14.5. The second kappa shape index (κ2) is 17.0. The van der Waals surface area contributed by atoms with E-state index >= 15 is 0 Å². The maximum Gasteiger partial charge on any atom is 0.127 e. The summed E-state index contributed by atoms with van der Waals surface area (Å²) in [6.45, 7) is 2.84. The third kappa shape index (κ3) is 8.13. The third-order valence-electron chi connectivity index (χ3n) is 8.09. The van der Waals surface area contributed by atoms with Crippen molar-refractivity contribution in [3.05, 3.63) is 70.8 Å². The van der Waals surface area contributed by atoms with Crippen LogP contribution >= 0.6 is 0 Å². The molecule has 0 saturated heterocycles. The van der Waals surface area contributed by atoms with Gasteiger partial charge in [0.25, 0.3) is 0 Å². The van der Waals surface area contributed by atoms with E-state index in [0.29, 0.717) is 11.1 Å². The van der Waals surface area contributed by atoms with Gasteiger partial charge in [-0.1, -0.05) is 127 Å². The van der Waals surface area contributed by atoms with E-state index in [1.807, 2.05) is 48.5 Å². The van der Waals surface area contributed by atoms with Crippen LogP contribution in [-0.4, -0.2) is 40.2 Å². The zero-order valence-corrected chi connectivity index (χ0v) is 23.4. The van der Waals surface area contributed by atoms with Crippen molar-refractivity contribution in [1.29, 1.82) is 0 Å². The highest BCUT2D eigenvalue weighted by Gasteiger charge is 2.53. The lowest BCUT2D eigenvalue weighted by molar-refractivity contribution is -0.136. The van der Waals surface area contributed by atoms with Crippen LogP contribution in [0.25, 0.3) is 0 Å². The van der Waals surface area contributed by atoms with E-state index in [2.05, 4.69) is 13.8 Å². The van der Waals surface area contributed by atoms with Crippen LogP contribution in [0.1, 0.15) is 113 Å². The minimum Gasteiger partial charge on any atom is -0.395 e. The summed E-state index contributed by atoms with van der Waals surface area (Å²) in [5.74, 6) is 0. The Labute approximate surface area is 225 Å². The average molecular weight is 513 g/mol. The molecule has 4 heteroatoms. The van der Waals surface area contributed by atoms with E-state index in [0.717, 1.165) is 49.7 Å². The van der Waals surface area contributed by atoms with Gasteiger partial charge in [0.1, 0.15) is 5.60 Å². The molecule has 2 aromatic rings. The van der Waals surface area contributed by atoms with E-state index in [1.165, 1.54) is 51.4 Å². The molecule has 0 heterocycles. The van der Waals surface area contributed by atoms with Crippen molar-refractivity contribution < 1.29 is 20.4 Å². The SMILES string of the molecule is CCCCCCCCc1ccccc1C(O)(c1ccccc1CCCCCCCC)C(CO)(CO)CO. The number of rotatable bonds is 20. The van der Waals surface area contributed by atoms with Gasteiger partial charge in [0.2, 0.25) is 0 Å². The summed E-state index contributed by atoms with van der Waals surface area (Å²) in [6, 6.07) is 15.7. The average Bonchev–Trinajstić information content (AvgIpc) is 2.94. The predicted molar refractivity (Wildman–Crippen MR) is 154 cm³/mol. The maximum atomic E-state index is 12.7. The topological polar surface area (TPSA) is 80.9 Å². The minimum atomic E-state index is -1.73. The molecule has 2 rings (SSSR count). The number of unbranched alkanes of at least 4 members (excludes halogenated alkanes) is 10. The van der Waals surface area contributed by atoms with E-state index in [4.69, 9.17) is 0 Å². The molecule has 0 radical (unpaired) electrons. The lowest BCUT2D eigenvalue weighted by Gasteiger charge is -2.46. The summed E-state index contributed by atoms with van der Waals surface area (Å²) in [6.07, 6.45) is 15.8. The van der Waals surface area contributed by atoms with Gasteiger partial charge in [-0.3, -0.25) is 0 Å². The molecule has 0 aliphatic heterocycles. The molecule has 0 atom stereocenters. The lowest BCUT2D eigenvalue weighted by Crippen LogP contribution is -2.55. The molecular formula is C33H52O4. The Morgan fingerprint density at radius 2 is 0.865 bits per heavy atom. The summed E-state index contributed by atoms with van der Waals surface area (Å²) < 4.78 is 0. The largest absolute Gasteiger partial charge is 0.395 e. The summed E-state index contributed by atoms with van der Waals surface area (Å²) in [7, 11) is 0. The maximum absolute atomic E-state index is 12.7. The second-order valence-electron chi connectivity index (χ2n) is 10.8. The molecule has 0 fully saturated rings. The van der Waals surface area contributed by atoms with Crippen LogP contribution in [0.2, 0.25) is 0 Å². The normalized spacial score (nSPS) is 12.3. The lowest BCUT2D eigenvalue weighted by atomic mass is 9.63. The van der Waals surface area contributed by atoms with E-state index in [1.54, 1.807) is 0 Å². The highest BCUT2D eigenvalue weighted by molar-refractivity contribution is 5.47. The van der Waals surface area contributed by atoms with Gasteiger partial charge in [-0.15, -0.1) is 0 Å². The van der Waals surface area contributed by atoms with Crippen molar-refractivity contribution in [2.45, 2.75) is 109 Å². The Morgan fingerprint density at radius 1 is 0.514 bits per heavy atom. The van der Waals surface area contributed by atoms with Crippen molar-refractivity contribution >= 4 is 0 Å². The monoisotopic (exact) mass is 512 g/mol. The van der Waals surface area contributed by atoms with E-state index in [-0.39, 0.29) is 0 Å². The van der Waals surface area contributed by atoms with Crippen LogP contribution in [0.3, 0.4) is 0 Å². The number of hydrogen-bond donors (Lipinski definition) is 4. The quantitative estimate of drug-likeness (QED) is 0.149. The van der Waals surface area contributed by atoms with Gasteiger partial charge in [-0.05, 0) is 47.9 Å². The molecule has 0 spiro atoms. The predicted octanol–water partition coefficient (Wildman–Crippen LogP) is 6.69. The van der Waals surface area contributed by atoms with Gasteiger partial charge in [0.05, 0.1) is 25.2 Å². The van der Waals surface area contributed by atoms with Crippen molar-refractivity contribution in [1.82, 2.24) is 0 Å². The summed E-state index contributed by atoms with van der Waals surface area (Å²) >= 11 is 0. The number of aliphatic hydroxyl groups is 4. The molecule has 0 unspecified atom stereocenters. The molecule has 2 aromatic carbocycles. The minimum absolute atomic E-state index is 0.535. The van der Waals surface area contributed by atoms with E-state index < -0.39 is 30.8 Å². The van der Waals surface area contributed by atoms with Crippen molar-refractivity contribution in [2.75, 3.05) is 19.8 Å². The molecule has 208 valence electrons. The first-order valence-electron chi connectivity index (χ1n) is 14.8. The van der Waals surface area contributed by atoms with Crippen molar-refractivity contribution in [3.63, 3.8) is 0 Å². The molecule has 0 saturated carbocycles. The van der Waals surface area contributed by atoms with Crippen LogP contribution in [0.15, 0.2) is 48.5 Å². The van der Waals surface area contributed by atoms with Crippen LogP contribution in [0.5, 0.6) is 0 Å². The van der Waals surface area contributed by atoms with Crippen LogP contribution in [-0.2, 0) is 18.4 Å². The highest BCUT2D eigenvalue weighted by Crippen LogP contribution is 2.47. The third-order valence-corrected chi connectivity index (χ3v) is 8.09. The van der Waals surface area contributed by atoms with Gasteiger partial charge in [-0.25, -0.2) is 0 Å². The van der Waals surface area contributed by atoms with Crippen LogP contribution in [0, 0.1) is 5.41 Å². The summed E-state index contributed by atoms with van der Waals surface area (Å²) in [4.78, 5) is 0. The van der Waals surface area contributed by atoms with Gasteiger partial charge >= 0.3 is 0 Å². The molecule has 0 aliphatic rings. The Bertz CT molecular complexity index is 806. The number of benzene rings is 2. The smallest absolute Gasteiger partial charge is 0.127 e. The fourth-order valence-electron chi connectivity index (χ4n) is 5.58. The van der Waals surface area contributed by atoms with Gasteiger partial charge in [-0.2, -0.15) is 0 Å². The molecule has 0 aliphatic carbocycles. The molecule has 37 heavy (non-hydrogen) atoms. The first kappa shape index (κ1) is 31.5. The summed E-state index contributed by atoms with van der Waals surface area (Å²) in [5, 5.41) is 44.3. The number of aliphatic hydroxyl groups excluding tert-OH is 3. The van der Waals surface area contributed by atoms with Crippen LogP contribution < -0.4 is 0 Å². The highest BCUT2D eigenvalue weighted by atomic mass is 16.3. The standard InChI is InChI=1S/C33H52O4/c1-3-5-7-9-11-13-19-28-21-15-17-23-30(28)33(37,32(25-34,26-35)27-36)31-24-18-16-22-29(31)20-14-12-10-8-6-4-2/h15-18,21-24,34-37H,3-14,19-20,25-27H2,1-2H3. The Morgan fingerprint density at radius 3 is 1.24 bits per heavy atom. The first-order valence-corrected chi connectivity index (χ1v) is 14.8. The van der Waals surface area contributed by atoms with Crippen molar-refractivity contribution in [3.8, 4) is 0 Å². The number of aryl methyl sites for hydroxylation is 2. The van der Waals surface area contributed by atoms with Crippen LogP contribution in [0.4, 0.5) is 0 Å². The van der Waals surface area contributed by atoms with Gasteiger partial charge in [0.15, 0.2) is 0 Å². The first-order chi connectivity index (χ1) is 18.0. The molecule has 0 aromatic heterocycles. The second-order valence-corrected chi connectivity index (χ2v) is 10.8. The Balaban J connectivity index is 2.44. The summed E-state index contributed by atoms with van der Waals surface area (Å²) in [5.41, 5.74) is 0.112.